The first-order valence-corrected chi connectivity index (χ1v) is 7.34. The molecule has 2 unspecified atom stereocenters. The zero-order chi connectivity index (χ0) is 13.5. The molecule has 0 aliphatic heterocycles. The highest BCUT2D eigenvalue weighted by Crippen LogP contribution is 2.27. The van der Waals surface area contributed by atoms with Crippen LogP contribution in [-0.4, -0.2) is 30.1 Å². The summed E-state index contributed by atoms with van der Waals surface area (Å²) >= 11 is 0. The van der Waals surface area contributed by atoms with E-state index in [2.05, 4.69) is 46.4 Å². The molecule has 0 aliphatic rings. The van der Waals surface area contributed by atoms with Gasteiger partial charge in [-0.15, -0.1) is 0 Å². The van der Waals surface area contributed by atoms with Crippen molar-refractivity contribution in [2.75, 3.05) is 13.1 Å². The van der Waals surface area contributed by atoms with Crippen molar-refractivity contribution < 1.29 is 0 Å². The summed E-state index contributed by atoms with van der Waals surface area (Å²) in [7, 11) is 0. The van der Waals surface area contributed by atoms with Crippen LogP contribution in [0.3, 0.4) is 0 Å². The maximum absolute atomic E-state index is 6.23. The van der Waals surface area contributed by atoms with E-state index < -0.39 is 0 Å². The topological polar surface area (TPSA) is 29.3 Å². The second-order valence-corrected chi connectivity index (χ2v) is 6.41. The van der Waals surface area contributed by atoms with Crippen LogP contribution in [-0.2, 0) is 0 Å². The molecule has 0 fully saturated rings. The molecule has 0 saturated heterocycles. The van der Waals surface area contributed by atoms with Crippen LogP contribution >= 0.6 is 0 Å². The molecule has 2 N–H and O–H groups in total. The van der Waals surface area contributed by atoms with E-state index in [1.54, 1.807) is 0 Å². The molecule has 0 amide bonds. The first-order valence-electron chi connectivity index (χ1n) is 7.34. The predicted octanol–water partition coefficient (Wildman–Crippen LogP) is 3.65. The Morgan fingerprint density at radius 2 is 1.41 bits per heavy atom. The van der Waals surface area contributed by atoms with Crippen LogP contribution in [0.25, 0.3) is 0 Å². The van der Waals surface area contributed by atoms with Crippen molar-refractivity contribution in [2.45, 2.75) is 79.3 Å². The molecule has 17 heavy (non-hydrogen) atoms. The standard InChI is InChI=1S/C15H34N2/c1-7-9-11-17(12-10-8-2)14(13(3)16)15(4,5)6/h13-14H,7-12,16H2,1-6H3. The molecule has 2 atom stereocenters. The molecule has 0 rings (SSSR count). The van der Waals surface area contributed by atoms with Crippen LogP contribution < -0.4 is 5.73 Å². The summed E-state index contributed by atoms with van der Waals surface area (Å²) in [4.78, 5) is 2.62. The van der Waals surface area contributed by atoms with E-state index in [0.29, 0.717) is 6.04 Å². The molecule has 0 radical (unpaired) electrons. The third-order valence-corrected chi connectivity index (χ3v) is 3.38. The van der Waals surface area contributed by atoms with Gasteiger partial charge >= 0.3 is 0 Å². The second-order valence-electron chi connectivity index (χ2n) is 6.41. The van der Waals surface area contributed by atoms with Gasteiger partial charge in [0.25, 0.3) is 0 Å². The summed E-state index contributed by atoms with van der Waals surface area (Å²) in [5, 5.41) is 0. The number of unbranched alkanes of at least 4 members (excludes halogenated alkanes) is 2. The van der Waals surface area contributed by atoms with Crippen LogP contribution in [0.5, 0.6) is 0 Å². The number of rotatable bonds is 8. The van der Waals surface area contributed by atoms with Crippen molar-refractivity contribution in [3.63, 3.8) is 0 Å². The fraction of sp³-hybridized carbons (Fsp3) is 1.00. The van der Waals surface area contributed by atoms with Gasteiger partial charge < -0.3 is 5.73 Å². The molecule has 0 aliphatic carbocycles. The van der Waals surface area contributed by atoms with Crippen LogP contribution in [0.4, 0.5) is 0 Å². The van der Waals surface area contributed by atoms with E-state index in [1.165, 1.54) is 38.8 Å². The van der Waals surface area contributed by atoms with Crippen LogP contribution in [0.1, 0.15) is 67.2 Å². The summed E-state index contributed by atoms with van der Waals surface area (Å²) in [6, 6.07) is 0.726. The second kappa shape index (κ2) is 8.10. The Kier molecular flexibility index (Phi) is 8.06. The normalized spacial score (nSPS) is 16.2. The van der Waals surface area contributed by atoms with Crippen LogP contribution in [0, 0.1) is 5.41 Å². The van der Waals surface area contributed by atoms with Crippen molar-refractivity contribution in [1.82, 2.24) is 4.90 Å². The molecule has 0 aromatic heterocycles. The SMILES string of the molecule is CCCCN(CCCC)C(C(C)N)C(C)(C)C. The smallest absolute Gasteiger partial charge is 0.0292 e. The molecule has 2 nitrogen and oxygen atoms in total. The van der Waals surface area contributed by atoms with Crippen molar-refractivity contribution in [1.29, 1.82) is 0 Å². The van der Waals surface area contributed by atoms with E-state index in [-0.39, 0.29) is 11.5 Å². The van der Waals surface area contributed by atoms with E-state index in [4.69, 9.17) is 5.73 Å². The van der Waals surface area contributed by atoms with E-state index in [0.717, 1.165) is 0 Å². The molecule has 0 aromatic carbocycles. The minimum atomic E-state index is 0.240. The Morgan fingerprint density at radius 3 is 1.65 bits per heavy atom. The highest BCUT2D eigenvalue weighted by Gasteiger charge is 2.32. The van der Waals surface area contributed by atoms with Gasteiger partial charge in [0.2, 0.25) is 0 Å². The molecule has 0 bridgehead atoms. The summed E-state index contributed by atoms with van der Waals surface area (Å²) in [5.74, 6) is 0. The fourth-order valence-corrected chi connectivity index (χ4v) is 2.78. The van der Waals surface area contributed by atoms with Crippen molar-refractivity contribution in [2.24, 2.45) is 11.1 Å². The largest absolute Gasteiger partial charge is 0.327 e. The van der Waals surface area contributed by atoms with Gasteiger partial charge in [0, 0.05) is 12.1 Å². The molecular formula is C15H34N2. The van der Waals surface area contributed by atoms with Gasteiger partial charge in [0.05, 0.1) is 0 Å². The minimum Gasteiger partial charge on any atom is -0.327 e. The lowest BCUT2D eigenvalue weighted by atomic mass is 9.81. The molecular weight excluding hydrogens is 208 g/mol. The molecule has 0 saturated carbocycles. The average Bonchev–Trinajstić information content (AvgIpc) is 2.19. The van der Waals surface area contributed by atoms with Crippen LogP contribution in [0.15, 0.2) is 0 Å². The van der Waals surface area contributed by atoms with Gasteiger partial charge in [-0.05, 0) is 38.3 Å². The number of hydrogen-bond donors (Lipinski definition) is 1. The zero-order valence-corrected chi connectivity index (χ0v) is 12.9. The first kappa shape index (κ1) is 16.9. The predicted molar refractivity (Wildman–Crippen MR) is 78.3 cm³/mol. The summed E-state index contributed by atoms with van der Waals surface area (Å²) in [6.45, 7) is 16.0. The Morgan fingerprint density at radius 1 is 1.00 bits per heavy atom. The zero-order valence-electron chi connectivity index (χ0n) is 12.9. The maximum atomic E-state index is 6.23. The molecule has 0 aromatic rings. The number of hydrogen-bond acceptors (Lipinski definition) is 2. The number of nitrogens with zero attached hydrogens (tertiary/aromatic N) is 1. The van der Waals surface area contributed by atoms with E-state index in [1.807, 2.05) is 0 Å². The summed E-state index contributed by atoms with van der Waals surface area (Å²) in [6.07, 6.45) is 5.09. The molecule has 0 heterocycles. The third-order valence-electron chi connectivity index (χ3n) is 3.38. The lowest BCUT2D eigenvalue weighted by Crippen LogP contribution is -2.54. The number of nitrogens with two attached hydrogens (primary N) is 1. The monoisotopic (exact) mass is 242 g/mol. The van der Waals surface area contributed by atoms with Crippen molar-refractivity contribution in [3.8, 4) is 0 Å². The summed E-state index contributed by atoms with van der Waals surface area (Å²) in [5.41, 5.74) is 6.49. The Labute approximate surface area is 109 Å². The fourth-order valence-electron chi connectivity index (χ4n) is 2.78. The summed E-state index contributed by atoms with van der Waals surface area (Å²) < 4.78 is 0. The van der Waals surface area contributed by atoms with Gasteiger partial charge in [-0.25, -0.2) is 0 Å². The van der Waals surface area contributed by atoms with E-state index in [9.17, 15) is 0 Å². The van der Waals surface area contributed by atoms with Gasteiger partial charge in [-0.1, -0.05) is 47.5 Å². The lowest BCUT2D eigenvalue weighted by molar-refractivity contribution is 0.0789. The van der Waals surface area contributed by atoms with Gasteiger partial charge in [0.15, 0.2) is 0 Å². The molecule has 0 spiro atoms. The first-order chi connectivity index (χ1) is 7.84. The van der Waals surface area contributed by atoms with Crippen molar-refractivity contribution in [3.05, 3.63) is 0 Å². The maximum Gasteiger partial charge on any atom is 0.0292 e. The third kappa shape index (κ3) is 6.42. The average molecular weight is 242 g/mol. The lowest BCUT2D eigenvalue weighted by Gasteiger charge is -2.43. The molecule has 2 heteroatoms. The van der Waals surface area contributed by atoms with E-state index >= 15 is 0 Å². The minimum absolute atomic E-state index is 0.240. The quantitative estimate of drug-likeness (QED) is 0.704. The molecule has 104 valence electrons. The van der Waals surface area contributed by atoms with Crippen molar-refractivity contribution >= 4 is 0 Å². The van der Waals surface area contributed by atoms with Crippen LogP contribution in [0.2, 0.25) is 0 Å². The Hall–Kier alpha value is -0.0800. The Bertz CT molecular complexity index is 174. The van der Waals surface area contributed by atoms with Gasteiger partial charge in [-0.3, -0.25) is 4.90 Å². The highest BCUT2D eigenvalue weighted by atomic mass is 15.2. The van der Waals surface area contributed by atoms with Gasteiger partial charge in [0.1, 0.15) is 0 Å². The highest BCUT2D eigenvalue weighted by molar-refractivity contribution is 4.89. The Balaban J connectivity index is 4.67. The van der Waals surface area contributed by atoms with Gasteiger partial charge in [-0.2, -0.15) is 0 Å².